The zero-order valence-electron chi connectivity index (χ0n) is 26.5. The Hall–Kier alpha value is -0.666. The highest BCUT2D eigenvalue weighted by Gasteiger charge is 2.63. The molecule has 0 spiro atoms. The molecule has 9 heteroatoms. The molecule has 0 amide bonds. The number of halogens is 3. The third-order valence-corrected chi connectivity index (χ3v) is 19.5. The highest BCUT2D eigenvalue weighted by atomic mass is 28.4. The molecule has 230 valence electrons. The molecule has 0 bridgehead atoms. The van der Waals surface area contributed by atoms with E-state index in [4.69, 9.17) is 13.6 Å². The Labute approximate surface area is 243 Å². The molecule has 0 aromatic carbocycles. The summed E-state index contributed by atoms with van der Waals surface area (Å²) >= 11 is 0. The van der Waals surface area contributed by atoms with Crippen LogP contribution in [-0.4, -0.2) is 53.0 Å². The zero-order valence-corrected chi connectivity index (χ0v) is 28.5. The van der Waals surface area contributed by atoms with E-state index in [1.54, 1.807) is 0 Å². The molecule has 0 aliphatic heterocycles. The Balaban J connectivity index is 2.00. The normalized spacial score (nSPS) is 29.7. The number of carbonyl (C=O) groups is 1. The molecule has 0 N–H and O–H groups in total. The van der Waals surface area contributed by atoms with Crippen LogP contribution in [0, 0.1) is 29.6 Å². The second kappa shape index (κ2) is 11.8. The summed E-state index contributed by atoms with van der Waals surface area (Å²) in [6, 6.07) is 0. The summed E-state index contributed by atoms with van der Waals surface area (Å²) in [5.41, 5.74) is -1.41. The standard InChI is InChI=1S/C31H53F3O4Si2/c1-28(2,3)39(7,8)37-25(22-14-12-11-13-15-22)17-16-23-24-20-27(35)30(24,36-21-31(32,33)34)19-18-26(23)38-40(9,10)29(4,5)6/h22-26H,11-15,18-21H2,1-10H3/t23-,24-,25-,26-,30-/m1/s1. The Morgan fingerprint density at radius 1 is 0.925 bits per heavy atom. The number of ether oxygens (including phenoxy) is 1. The Morgan fingerprint density at radius 2 is 1.50 bits per heavy atom. The number of hydrogen-bond donors (Lipinski definition) is 0. The minimum absolute atomic E-state index is 0.0292. The Bertz CT molecular complexity index is 964. The number of fused-ring (bicyclic) bond motifs is 1. The second-order valence-corrected chi connectivity index (χ2v) is 25.0. The lowest BCUT2D eigenvalue weighted by molar-refractivity contribution is -0.241. The van der Waals surface area contributed by atoms with E-state index < -0.39 is 40.9 Å². The van der Waals surface area contributed by atoms with Crippen molar-refractivity contribution in [3.63, 3.8) is 0 Å². The van der Waals surface area contributed by atoms with Gasteiger partial charge in [-0.05, 0) is 67.9 Å². The molecule has 5 atom stereocenters. The van der Waals surface area contributed by atoms with Crippen molar-refractivity contribution < 1.29 is 31.6 Å². The van der Waals surface area contributed by atoms with Crippen molar-refractivity contribution in [2.75, 3.05) is 6.61 Å². The fourth-order valence-corrected chi connectivity index (χ4v) is 8.47. The molecule has 0 radical (unpaired) electrons. The number of carbonyl (C=O) groups excluding carboxylic acids is 1. The van der Waals surface area contributed by atoms with Gasteiger partial charge in [0.05, 0.1) is 12.0 Å². The highest BCUT2D eigenvalue weighted by molar-refractivity contribution is 6.74. The van der Waals surface area contributed by atoms with Crippen molar-refractivity contribution >= 4 is 22.4 Å². The third kappa shape index (κ3) is 7.45. The monoisotopic (exact) mass is 602 g/mol. The van der Waals surface area contributed by atoms with E-state index in [9.17, 15) is 18.0 Å². The van der Waals surface area contributed by atoms with Crippen LogP contribution < -0.4 is 0 Å². The van der Waals surface area contributed by atoms with Crippen LogP contribution in [0.2, 0.25) is 36.3 Å². The zero-order chi connectivity index (χ0) is 30.4. The van der Waals surface area contributed by atoms with Gasteiger partial charge >= 0.3 is 6.18 Å². The van der Waals surface area contributed by atoms with E-state index in [-0.39, 0.29) is 46.8 Å². The first-order chi connectivity index (χ1) is 18.1. The molecule has 0 unspecified atom stereocenters. The number of rotatable bonds is 7. The molecule has 3 fully saturated rings. The topological polar surface area (TPSA) is 44.8 Å². The Morgan fingerprint density at radius 3 is 2.00 bits per heavy atom. The van der Waals surface area contributed by atoms with Crippen molar-refractivity contribution in [2.45, 2.75) is 153 Å². The van der Waals surface area contributed by atoms with Crippen molar-refractivity contribution in [3.05, 3.63) is 0 Å². The largest absolute Gasteiger partial charge is 0.413 e. The number of alkyl halides is 3. The molecular weight excluding hydrogens is 550 g/mol. The van der Waals surface area contributed by atoms with Crippen molar-refractivity contribution in [3.8, 4) is 11.8 Å². The van der Waals surface area contributed by atoms with Gasteiger partial charge in [-0.1, -0.05) is 72.6 Å². The maximum atomic E-state index is 13.2. The van der Waals surface area contributed by atoms with Crippen LogP contribution in [0.3, 0.4) is 0 Å². The first-order valence-corrected chi connectivity index (χ1v) is 21.0. The first-order valence-electron chi connectivity index (χ1n) is 15.2. The second-order valence-electron chi connectivity index (χ2n) is 15.5. The lowest BCUT2D eigenvalue weighted by Crippen LogP contribution is -2.66. The summed E-state index contributed by atoms with van der Waals surface area (Å²) in [6.45, 7) is 20.7. The minimum Gasteiger partial charge on any atom is -0.413 e. The lowest BCUT2D eigenvalue weighted by atomic mass is 9.55. The molecule has 0 heterocycles. The molecule has 0 aromatic heterocycles. The molecule has 0 saturated heterocycles. The van der Waals surface area contributed by atoms with Gasteiger partial charge in [-0.25, -0.2) is 0 Å². The van der Waals surface area contributed by atoms with E-state index in [0.29, 0.717) is 12.3 Å². The van der Waals surface area contributed by atoms with Gasteiger partial charge < -0.3 is 13.6 Å². The van der Waals surface area contributed by atoms with Crippen LogP contribution in [0.4, 0.5) is 13.2 Å². The smallest absolute Gasteiger partial charge is 0.411 e. The summed E-state index contributed by atoms with van der Waals surface area (Å²) in [6.07, 6.45) is 1.63. The fourth-order valence-electron chi connectivity index (χ4n) is 5.85. The van der Waals surface area contributed by atoms with E-state index >= 15 is 0 Å². The van der Waals surface area contributed by atoms with E-state index in [1.165, 1.54) is 6.42 Å². The number of hydrogen-bond acceptors (Lipinski definition) is 4. The van der Waals surface area contributed by atoms with Gasteiger partial charge in [0, 0.05) is 12.3 Å². The third-order valence-electron chi connectivity index (χ3n) is 10.6. The molecule has 3 rings (SSSR count). The lowest BCUT2D eigenvalue weighted by Gasteiger charge is -2.56. The molecule has 40 heavy (non-hydrogen) atoms. The van der Waals surface area contributed by atoms with Crippen LogP contribution >= 0.6 is 0 Å². The minimum atomic E-state index is -4.49. The maximum absolute atomic E-state index is 13.2. The summed E-state index contributed by atoms with van der Waals surface area (Å²) in [4.78, 5) is 12.9. The van der Waals surface area contributed by atoms with Crippen LogP contribution in [0.5, 0.6) is 0 Å². The van der Waals surface area contributed by atoms with Crippen LogP contribution in [0.1, 0.15) is 92.9 Å². The average molecular weight is 603 g/mol. The summed E-state index contributed by atoms with van der Waals surface area (Å²) in [5.74, 6) is 6.39. The highest BCUT2D eigenvalue weighted by Crippen LogP contribution is 2.54. The predicted octanol–water partition coefficient (Wildman–Crippen LogP) is 8.67. The molecule has 0 aromatic rings. The molecule has 4 nitrogen and oxygen atoms in total. The fraction of sp³-hybridized carbons (Fsp3) is 0.903. The van der Waals surface area contributed by atoms with Crippen molar-refractivity contribution in [1.82, 2.24) is 0 Å². The summed E-state index contributed by atoms with van der Waals surface area (Å²) in [5, 5.41) is -0.000791. The van der Waals surface area contributed by atoms with E-state index in [1.807, 2.05) is 0 Å². The number of ketones is 1. The summed E-state index contributed by atoms with van der Waals surface area (Å²) in [7, 11) is -4.33. The molecular formula is C31H53F3O4Si2. The van der Waals surface area contributed by atoms with Gasteiger partial charge in [-0.3, -0.25) is 4.79 Å². The van der Waals surface area contributed by atoms with Gasteiger partial charge in [0.25, 0.3) is 0 Å². The van der Waals surface area contributed by atoms with Crippen molar-refractivity contribution in [1.29, 1.82) is 0 Å². The van der Waals surface area contributed by atoms with Gasteiger partial charge in [0.2, 0.25) is 0 Å². The van der Waals surface area contributed by atoms with Gasteiger partial charge in [0.1, 0.15) is 18.3 Å². The van der Waals surface area contributed by atoms with E-state index in [2.05, 4.69) is 79.6 Å². The van der Waals surface area contributed by atoms with Crippen LogP contribution in [-0.2, 0) is 18.4 Å². The SMILES string of the molecule is CC(C)(C)[Si](C)(C)O[C@H](C#C[C@@H]1[C@H]2CC(=O)[C@@]2(OCC(F)(F)F)CC[C@H]1O[Si](C)(C)C(C)(C)C)C1CCCCC1. The van der Waals surface area contributed by atoms with Gasteiger partial charge in [0.15, 0.2) is 22.4 Å². The molecule has 3 saturated carbocycles. The first kappa shape index (κ1) is 33.8. The van der Waals surface area contributed by atoms with E-state index in [0.717, 1.165) is 25.7 Å². The van der Waals surface area contributed by atoms with Gasteiger partial charge in [-0.15, -0.1) is 0 Å². The predicted molar refractivity (Wildman–Crippen MR) is 159 cm³/mol. The Kier molecular flexibility index (Phi) is 9.97. The van der Waals surface area contributed by atoms with Crippen LogP contribution in [0.25, 0.3) is 0 Å². The quantitative estimate of drug-likeness (QED) is 0.216. The molecule has 3 aliphatic carbocycles. The van der Waals surface area contributed by atoms with Gasteiger partial charge in [-0.2, -0.15) is 13.2 Å². The van der Waals surface area contributed by atoms with Crippen LogP contribution in [0.15, 0.2) is 0 Å². The molecule has 3 aliphatic rings. The van der Waals surface area contributed by atoms with Crippen molar-refractivity contribution in [2.24, 2.45) is 17.8 Å². The summed E-state index contributed by atoms with van der Waals surface area (Å²) < 4.78 is 58.9. The average Bonchev–Trinajstić information content (AvgIpc) is 2.80. The number of Topliss-reactive ketones (excluding diaryl/α,β-unsaturated/α-hetero) is 1. The maximum Gasteiger partial charge on any atom is 0.411 e.